The van der Waals surface area contributed by atoms with Crippen LogP contribution in [0.5, 0.6) is 5.75 Å². The van der Waals surface area contributed by atoms with Gasteiger partial charge >= 0.3 is 6.09 Å². The Kier molecular flexibility index (Phi) is 6.36. The van der Waals surface area contributed by atoms with Gasteiger partial charge in [0.2, 0.25) is 10.0 Å². The van der Waals surface area contributed by atoms with Crippen LogP contribution in [0.25, 0.3) is 0 Å². The summed E-state index contributed by atoms with van der Waals surface area (Å²) in [6.07, 6.45) is 1.11. The molecule has 1 N–H and O–H groups in total. The lowest BCUT2D eigenvalue weighted by Gasteiger charge is -2.31. The molecular weight excluding hydrogens is 376 g/mol. The molecule has 1 fully saturated rings. The predicted molar refractivity (Wildman–Crippen MR) is 108 cm³/mol. The second kappa shape index (κ2) is 8.75. The van der Waals surface area contributed by atoms with Crippen LogP contribution in [-0.4, -0.2) is 39.0 Å². The van der Waals surface area contributed by atoms with E-state index in [-0.39, 0.29) is 12.0 Å². The number of sulfonamides is 1. The summed E-state index contributed by atoms with van der Waals surface area (Å²) in [4.78, 5) is 14.2. The first-order chi connectivity index (χ1) is 13.3. The third kappa shape index (κ3) is 5.11. The lowest BCUT2D eigenvalue weighted by atomic mass is 9.97. The largest absolute Gasteiger partial charge is 0.415 e. The Balaban J connectivity index is 1.50. The molecule has 0 radical (unpaired) electrons. The second-order valence-electron chi connectivity index (χ2n) is 7.23. The van der Waals surface area contributed by atoms with Crippen LogP contribution in [0.4, 0.5) is 4.79 Å². The summed E-state index contributed by atoms with van der Waals surface area (Å²) in [5.74, 6) is 0.719. The van der Waals surface area contributed by atoms with Crippen LogP contribution >= 0.6 is 0 Å². The van der Waals surface area contributed by atoms with Gasteiger partial charge in [-0.15, -0.1) is 0 Å². The molecule has 3 rings (SSSR count). The Morgan fingerprint density at radius 2 is 1.79 bits per heavy atom. The van der Waals surface area contributed by atoms with Gasteiger partial charge in [-0.05, 0) is 61.9 Å². The molecule has 150 valence electrons. The van der Waals surface area contributed by atoms with Gasteiger partial charge in [-0.2, -0.15) is 0 Å². The molecule has 1 heterocycles. The van der Waals surface area contributed by atoms with E-state index in [0.717, 1.165) is 24.0 Å². The second-order valence-corrected chi connectivity index (χ2v) is 8.97. The number of nitrogens with one attached hydrogen (secondary N) is 1. The van der Waals surface area contributed by atoms with Crippen LogP contribution in [0.15, 0.2) is 53.4 Å². The quantitative estimate of drug-likeness (QED) is 0.831. The molecule has 1 saturated heterocycles. The summed E-state index contributed by atoms with van der Waals surface area (Å²) in [6.45, 7) is 5.16. The number of para-hydroxylation sites is 1. The van der Waals surface area contributed by atoms with E-state index >= 15 is 0 Å². The maximum atomic E-state index is 12.6. The number of likely N-dealkylation sites (tertiary alicyclic amines) is 1. The average Bonchev–Trinajstić information content (AvgIpc) is 2.69. The van der Waals surface area contributed by atoms with Gasteiger partial charge < -0.3 is 9.64 Å². The number of amides is 1. The molecular formula is C21H26N2O4S. The zero-order chi connectivity index (χ0) is 20.1. The molecule has 1 aliphatic heterocycles. The molecule has 0 unspecified atom stereocenters. The number of benzene rings is 2. The normalized spacial score (nSPS) is 15.4. The van der Waals surface area contributed by atoms with E-state index in [4.69, 9.17) is 4.74 Å². The third-order valence-corrected chi connectivity index (χ3v) is 6.58. The minimum absolute atomic E-state index is 0.195. The molecule has 0 atom stereocenters. The highest BCUT2D eigenvalue weighted by Crippen LogP contribution is 2.21. The molecule has 2 aromatic carbocycles. The molecule has 0 bridgehead atoms. The first-order valence-electron chi connectivity index (χ1n) is 9.44. The number of ether oxygens (including phenoxy) is 1. The molecule has 0 aliphatic carbocycles. The fourth-order valence-corrected chi connectivity index (χ4v) is 4.72. The van der Waals surface area contributed by atoms with Crippen molar-refractivity contribution in [3.8, 4) is 5.75 Å². The molecule has 7 heteroatoms. The molecule has 0 spiro atoms. The van der Waals surface area contributed by atoms with Crippen molar-refractivity contribution >= 4 is 16.1 Å². The Hall–Kier alpha value is -2.38. The topological polar surface area (TPSA) is 75.7 Å². The van der Waals surface area contributed by atoms with Crippen LogP contribution in [0.2, 0.25) is 0 Å². The van der Waals surface area contributed by atoms with Gasteiger partial charge in [-0.25, -0.2) is 17.9 Å². The van der Waals surface area contributed by atoms with Crippen LogP contribution in [0, 0.1) is 19.8 Å². The zero-order valence-electron chi connectivity index (χ0n) is 16.2. The van der Waals surface area contributed by atoms with Crippen molar-refractivity contribution in [2.24, 2.45) is 5.92 Å². The van der Waals surface area contributed by atoms with Gasteiger partial charge in [0.1, 0.15) is 5.75 Å². The number of carbonyl (C=O) groups excluding carboxylic acids is 1. The van der Waals surface area contributed by atoms with Crippen molar-refractivity contribution in [3.63, 3.8) is 0 Å². The first-order valence-corrected chi connectivity index (χ1v) is 10.9. The minimum Gasteiger partial charge on any atom is -0.410 e. The maximum absolute atomic E-state index is 12.6. The molecule has 1 amide bonds. The van der Waals surface area contributed by atoms with Gasteiger partial charge in [0.05, 0.1) is 4.90 Å². The number of aryl methyl sites for hydroxylation is 2. The van der Waals surface area contributed by atoms with E-state index in [9.17, 15) is 13.2 Å². The fourth-order valence-electron chi connectivity index (χ4n) is 3.28. The van der Waals surface area contributed by atoms with Crippen LogP contribution in [0.3, 0.4) is 0 Å². The molecule has 28 heavy (non-hydrogen) atoms. The Morgan fingerprint density at radius 3 is 2.46 bits per heavy atom. The van der Waals surface area contributed by atoms with E-state index in [1.165, 1.54) is 0 Å². The van der Waals surface area contributed by atoms with E-state index in [1.807, 2.05) is 37.3 Å². The molecule has 2 aromatic rings. The summed E-state index contributed by atoms with van der Waals surface area (Å²) in [5, 5.41) is 0. The maximum Gasteiger partial charge on any atom is 0.415 e. The number of hydrogen-bond acceptors (Lipinski definition) is 4. The van der Waals surface area contributed by atoms with E-state index < -0.39 is 10.0 Å². The molecule has 0 aromatic heterocycles. The summed E-state index contributed by atoms with van der Waals surface area (Å²) in [6, 6.07) is 14.4. The number of piperidine rings is 1. The number of nitrogens with zero attached hydrogens (tertiary/aromatic N) is 1. The summed E-state index contributed by atoms with van der Waals surface area (Å²) in [7, 11) is -3.54. The van der Waals surface area contributed by atoms with Gasteiger partial charge in [-0.3, -0.25) is 0 Å². The Morgan fingerprint density at radius 1 is 1.11 bits per heavy atom. The average molecular weight is 403 g/mol. The number of hydrogen-bond donors (Lipinski definition) is 1. The van der Waals surface area contributed by atoms with Crippen LogP contribution in [0.1, 0.15) is 24.0 Å². The van der Waals surface area contributed by atoms with Gasteiger partial charge in [-0.1, -0.05) is 30.3 Å². The zero-order valence-corrected chi connectivity index (χ0v) is 17.0. The smallest absolute Gasteiger partial charge is 0.410 e. The number of rotatable bonds is 5. The van der Waals surface area contributed by atoms with E-state index in [0.29, 0.717) is 30.3 Å². The van der Waals surface area contributed by atoms with Crippen molar-refractivity contribution in [3.05, 3.63) is 59.7 Å². The van der Waals surface area contributed by atoms with Crippen LogP contribution in [-0.2, 0) is 10.0 Å². The Labute approximate surface area is 166 Å². The highest BCUT2D eigenvalue weighted by molar-refractivity contribution is 7.89. The van der Waals surface area contributed by atoms with Crippen molar-refractivity contribution in [2.45, 2.75) is 31.6 Å². The Bertz CT molecular complexity index is 921. The SMILES string of the molecule is Cc1ccc(C)c(S(=O)(=O)NCC2CCN(C(=O)Oc3ccccc3)CC2)c1. The lowest BCUT2D eigenvalue weighted by molar-refractivity contribution is 0.131. The summed E-state index contributed by atoms with van der Waals surface area (Å²) >= 11 is 0. The van der Waals surface area contributed by atoms with Crippen molar-refractivity contribution in [1.29, 1.82) is 0 Å². The molecule has 6 nitrogen and oxygen atoms in total. The highest BCUT2D eigenvalue weighted by Gasteiger charge is 2.26. The highest BCUT2D eigenvalue weighted by atomic mass is 32.2. The van der Waals surface area contributed by atoms with Gasteiger partial charge in [0.15, 0.2) is 0 Å². The van der Waals surface area contributed by atoms with Crippen molar-refractivity contribution < 1.29 is 17.9 Å². The van der Waals surface area contributed by atoms with Crippen LogP contribution < -0.4 is 9.46 Å². The van der Waals surface area contributed by atoms with E-state index in [1.54, 1.807) is 30.0 Å². The summed E-state index contributed by atoms with van der Waals surface area (Å²) in [5.41, 5.74) is 1.65. The van der Waals surface area contributed by atoms with E-state index in [2.05, 4.69) is 4.72 Å². The van der Waals surface area contributed by atoms with Crippen molar-refractivity contribution in [1.82, 2.24) is 9.62 Å². The first kappa shape index (κ1) is 20.4. The molecule has 0 saturated carbocycles. The standard InChI is InChI=1S/C21H26N2O4S/c1-16-8-9-17(2)20(14-16)28(25,26)22-15-18-10-12-23(13-11-18)21(24)27-19-6-4-3-5-7-19/h3-9,14,18,22H,10-13,15H2,1-2H3. The summed E-state index contributed by atoms with van der Waals surface area (Å²) < 4.78 is 33.4. The third-order valence-electron chi connectivity index (χ3n) is 5.02. The monoisotopic (exact) mass is 402 g/mol. The fraction of sp³-hybridized carbons (Fsp3) is 0.381. The van der Waals surface area contributed by atoms with Crippen molar-refractivity contribution in [2.75, 3.05) is 19.6 Å². The number of carbonyl (C=O) groups is 1. The van der Waals surface area contributed by atoms with Gasteiger partial charge in [0, 0.05) is 19.6 Å². The minimum atomic E-state index is -3.54. The van der Waals surface area contributed by atoms with Gasteiger partial charge in [0.25, 0.3) is 0 Å². The lowest BCUT2D eigenvalue weighted by Crippen LogP contribution is -2.42. The predicted octanol–water partition coefficient (Wildman–Crippen LogP) is 3.49. The molecule has 1 aliphatic rings.